The molecule has 0 amide bonds. The van der Waals surface area contributed by atoms with E-state index in [9.17, 15) is 10.4 Å². The van der Waals surface area contributed by atoms with Crippen molar-refractivity contribution in [3.8, 4) is 6.07 Å². The number of hydrogen-bond donors (Lipinski definition) is 1. The molecule has 2 aliphatic carbocycles. The number of rotatable bonds is 1. The summed E-state index contributed by atoms with van der Waals surface area (Å²) in [6.45, 7) is 4.44. The van der Waals surface area contributed by atoms with Gasteiger partial charge in [-0.3, -0.25) is 0 Å². The summed E-state index contributed by atoms with van der Waals surface area (Å²) in [4.78, 5) is 0. The molecule has 112 valence electrons. The molecule has 1 aromatic rings. The van der Waals surface area contributed by atoms with E-state index >= 15 is 0 Å². The molecule has 1 fully saturated rings. The minimum absolute atomic E-state index is 0.133. The largest absolute Gasteiger partial charge is 0.388 e. The lowest BCUT2D eigenvalue weighted by Gasteiger charge is -2.51. The highest BCUT2D eigenvalue weighted by atomic mass is 16.3. The smallest absolute Gasteiger partial charge is 0.0903 e. The molecule has 0 spiro atoms. The first-order chi connectivity index (χ1) is 9.90. The van der Waals surface area contributed by atoms with Crippen molar-refractivity contribution in [2.24, 2.45) is 10.8 Å². The Morgan fingerprint density at radius 2 is 1.81 bits per heavy atom. The Labute approximate surface area is 127 Å². The first-order valence-corrected chi connectivity index (χ1v) is 8.10. The minimum Gasteiger partial charge on any atom is -0.388 e. The van der Waals surface area contributed by atoms with E-state index < -0.39 is 11.0 Å². The minimum atomic E-state index is -0.836. The molecule has 0 saturated heterocycles. The van der Waals surface area contributed by atoms with E-state index in [0.717, 1.165) is 38.5 Å². The first-order valence-electron chi connectivity index (χ1n) is 8.10. The second-order valence-corrected chi connectivity index (χ2v) is 7.87. The van der Waals surface area contributed by atoms with Gasteiger partial charge in [0.05, 0.1) is 17.1 Å². The zero-order valence-electron chi connectivity index (χ0n) is 13.2. The van der Waals surface area contributed by atoms with Crippen LogP contribution >= 0.6 is 0 Å². The third-order valence-electron chi connectivity index (χ3n) is 5.75. The van der Waals surface area contributed by atoms with Crippen LogP contribution in [0.25, 0.3) is 0 Å². The maximum Gasteiger partial charge on any atom is 0.0903 e. The molecule has 3 rings (SSSR count). The number of fused-ring (bicyclic) bond motifs is 1. The van der Waals surface area contributed by atoms with Crippen molar-refractivity contribution < 1.29 is 5.11 Å². The Balaban J connectivity index is 1.97. The highest BCUT2D eigenvalue weighted by molar-refractivity contribution is 5.35. The number of aliphatic hydroxyl groups is 1. The van der Waals surface area contributed by atoms with Gasteiger partial charge >= 0.3 is 0 Å². The maximum atomic E-state index is 11.4. The quantitative estimate of drug-likeness (QED) is 0.846. The van der Waals surface area contributed by atoms with Crippen LogP contribution in [0.3, 0.4) is 0 Å². The van der Waals surface area contributed by atoms with Gasteiger partial charge in [-0.1, -0.05) is 44.5 Å². The van der Waals surface area contributed by atoms with Crippen molar-refractivity contribution in [3.63, 3.8) is 0 Å². The van der Waals surface area contributed by atoms with Crippen LogP contribution in [-0.2, 0) is 12.8 Å². The summed E-state index contributed by atoms with van der Waals surface area (Å²) in [5.74, 6) is 0. The summed E-state index contributed by atoms with van der Waals surface area (Å²) in [6.07, 6.45) is 6.08. The highest BCUT2D eigenvalue weighted by Gasteiger charge is 2.55. The Morgan fingerprint density at radius 1 is 1.10 bits per heavy atom. The van der Waals surface area contributed by atoms with E-state index in [1.807, 2.05) is 6.07 Å². The van der Waals surface area contributed by atoms with Gasteiger partial charge in [-0.2, -0.15) is 5.26 Å². The second-order valence-electron chi connectivity index (χ2n) is 7.87. The zero-order valence-corrected chi connectivity index (χ0v) is 13.2. The summed E-state index contributed by atoms with van der Waals surface area (Å²) in [6, 6.07) is 10.9. The van der Waals surface area contributed by atoms with Gasteiger partial charge in [0.1, 0.15) is 0 Å². The SMILES string of the molecule is CC1(C)CCCC(O)(C2(C#N)CCc3ccccc3C2)C1. The average molecular weight is 283 g/mol. The predicted octanol–water partition coefficient (Wildman–Crippen LogP) is 4.02. The van der Waals surface area contributed by atoms with E-state index in [4.69, 9.17) is 0 Å². The normalized spacial score (nSPS) is 34.8. The van der Waals surface area contributed by atoms with Crippen molar-refractivity contribution in [1.29, 1.82) is 5.26 Å². The third-order valence-corrected chi connectivity index (χ3v) is 5.75. The van der Waals surface area contributed by atoms with Gasteiger partial charge in [0.15, 0.2) is 0 Å². The van der Waals surface area contributed by atoms with Crippen LogP contribution in [0, 0.1) is 22.2 Å². The number of nitriles is 1. The van der Waals surface area contributed by atoms with Gasteiger partial charge in [-0.25, -0.2) is 0 Å². The van der Waals surface area contributed by atoms with E-state index in [1.54, 1.807) is 0 Å². The van der Waals surface area contributed by atoms with Crippen LogP contribution in [0.15, 0.2) is 24.3 Å². The average Bonchev–Trinajstić information content (AvgIpc) is 2.45. The van der Waals surface area contributed by atoms with Gasteiger partial charge in [-0.05, 0) is 55.1 Å². The molecular weight excluding hydrogens is 258 g/mol. The summed E-state index contributed by atoms with van der Waals surface area (Å²) in [5.41, 5.74) is 1.29. The summed E-state index contributed by atoms with van der Waals surface area (Å²) in [5, 5.41) is 21.3. The topological polar surface area (TPSA) is 44.0 Å². The van der Waals surface area contributed by atoms with Crippen LogP contribution in [0.1, 0.15) is 57.1 Å². The van der Waals surface area contributed by atoms with E-state index in [-0.39, 0.29) is 5.41 Å². The molecule has 21 heavy (non-hydrogen) atoms. The van der Waals surface area contributed by atoms with Gasteiger partial charge in [-0.15, -0.1) is 0 Å². The molecule has 0 heterocycles. The van der Waals surface area contributed by atoms with Gasteiger partial charge in [0, 0.05) is 0 Å². The van der Waals surface area contributed by atoms with Crippen molar-refractivity contribution in [2.45, 2.75) is 64.4 Å². The molecule has 2 unspecified atom stereocenters. The van der Waals surface area contributed by atoms with Crippen molar-refractivity contribution in [2.75, 3.05) is 0 Å². The first kappa shape index (κ1) is 14.6. The van der Waals surface area contributed by atoms with E-state index in [2.05, 4.69) is 38.1 Å². The monoisotopic (exact) mass is 283 g/mol. The van der Waals surface area contributed by atoms with Gasteiger partial charge in [0.25, 0.3) is 0 Å². The number of benzene rings is 1. The lowest BCUT2D eigenvalue weighted by atomic mass is 9.55. The third kappa shape index (κ3) is 2.38. The van der Waals surface area contributed by atoms with E-state index in [0.29, 0.717) is 6.42 Å². The Bertz CT molecular complexity index is 585. The Morgan fingerprint density at radius 3 is 2.48 bits per heavy atom. The summed E-state index contributed by atoms with van der Waals surface area (Å²) < 4.78 is 0. The number of nitrogens with zero attached hydrogens (tertiary/aromatic N) is 1. The van der Waals surface area contributed by atoms with Crippen LogP contribution in [0.4, 0.5) is 0 Å². The highest BCUT2D eigenvalue weighted by Crippen LogP contribution is 2.53. The van der Waals surface area contributed by atoms with Crippen LogP contribution in [0.5, 0.6) is 0 Å². The number of aryl methyl sites for hydroxylation is 1. The molecule has 2 nitrogen and oxygen atoms in total. The molecule has 1 saturated carbocycles. The molecule has 2 atom stereocenters. The van der Waals surface area contributed by atoms with E-state index in [1.165, 1.54) is 11.1 Å². The Kier molecular flexibility index (Phi) is 3.37. The molecule has 2 aliphatic rings. The fourth-order valence-electron chi connectivity index (χ4n) is 4.57. The molecule has 0 aromatic heterocycles. The molecular formula is C19H25NO. The second kappa shape index (κ2) is 4.85. The van der Waals surface area contributed by atoms with Crippen LogP contribution in [-0.4, -0.2) is 10.7 Å². The van der Waals surface area contributed by atoms with Crippen LogP contribution < -0.4 is 0 Å². The fourth-order valence-corrected chi connectivity index (χ4v) is 4.57. The fraction of sp³-hybridized carbons (Fsp3) is 0.632. The molecule has 1 aromatic carbocycles. The van der Waals surface area contributed by atoms with Gasteiger partial charge in [0.2, 0.25) is 0 Å². The summed E-state index contributed by atoms with van der Waals surface area (Å²) in [7, 11) is 0. The van der Waals surface area contributed by atoms with Crippen molar-refractivity contribution in [3.05, 3.63) is 35.4 Å². The maximum absolute atomic E-state index is 11.4. The molecule has 0 bridgehead atoms. The Hall–Kier alpha value is -1.33. The molecule has 0 aliphatic heterocycles. The van der Waals surface area contributed by atoms with Gasteiger partial charge < -0.3 is 5.11 Å². The van der Waals surface area contributed by atoms with Crippen molar-refractivity contribution in [1.82, 2.24) is 0 Å². The lowest BCUT2D eigenvalue weighted by Crippen LogP contribution is -2.54. The van der Waals surface area contributed by atoms with Crippen LogP contribution in [0.2, 0.25) is 0 Å². The lowest BCUT2D eigenvalue weighted by molar-refractivity contribution is -0.117. The predicted molar refractivity (Wildman–Crippen MR) is 83.7 cm³/mol. The standard InChI is InChI=1S/C19H25NO/c1-17(2)9-5-10-19(21,13-17)18(14-20)11-8-15-6-3-4-7-16(15)12-18/h3-4,6-7,21H,5,8-13H2,1-2H3. The van der Waals surface area contributed by atoms with Crippen molar-refractivity contribution >= 4 is 0 Å². The number of hydrogen-bond acceptors (Lipinski definition) is 2. The molecule has 1 N–H and O–H groups in total. The molecule has 2 heteroatoms. The molecule has 0 radical (unpaired) electrons. The summed E-state index contributed by atoms with van der Waals surface area (Å²) >= 11 is 0. The zero-order chi connectivity index (χ0) is 15.1.